The number of hydrogen-bond acceptors (Lipinski definition) is 4. The van der Waals surface area contributed by atoms with Crippen molar-refractivity contribution in [3.8, 4) is 0 Å². The molecule has 2 heterocycles. The second-order valence-corrected chi connectivity index (χ2v) is 7.52. The van der Waals surface area contributed by atoms with E-state index in [9.17, 15) is 0 Å². The Hall–Kier alpha value is -0.910. The highest BCUT2D eigenvalue weighted by atomic mass is 32.1. The highest BCUT2D eigenvalue weighted by Gasteiger charge is 2.37. The van der Waals surface area contributed by atoms with E-state index in [0.717, 1.165) is 17.1 Å². The molecule has 5 heteroatoms. The summed E-state index contributed by atoms with van der Waals surface area (Å²) in [7, 11) is 0. The van der Waals surface area contributed by atoms with Crippen LogP contribution in [0.15, 0.2) is 17.8 Å². The number of hydrazine groups is 1. The standard InChI is InChI=1S/C15H24N4S/c1-15(2)6-4-3-5-12(15)13(18-16)9-11-10-19-7-8-20-14(19)17-11/h7-8,10,12-13,18H,3-6,9,16H2,1-2H3. The van der Waals surface area contributed by atoms with Crippen molar-refractivity contribution in [2.45, 2.75) is 52.0 Å². The summed E-state index contributed by atoms with van der Waals surface area (Å²) in [6, 6.07) is 0.315. The van der Waals surface area contributed by atoms with Gasteiger partial charge in [0.25, 0.3) is 0 Å². The molecule has 2 aromatic rings. The summed E-state index contributed by atoms with van der Waals surface area (Å²) >= 11 is 1.68. The molecule has 2 atom stereocenters. The van der Waals surface area contributed by atoms with E-state index in [1.54, 1.807) is 11.3 Å². The molecule has 0 spiro atoms. The van der Waals surface area contributed by atoms with Crippen LogP contribution in [0.3, 0.4) is 0 Å². The SMILES string of the molecule is CC1(C)CCCCC1C(Cc1cn2ccsc2n1)NN. The molecule has 2 aromatic heterocycles. The lowest BCUT2D eigenvalue weighted by atomic mass is 9.65. The first-order valence-corrected chi connectivity index (χ1v) is 8.35. The van der Waals surface area contributed by atoms with Gasteiger partial charge >= 0.3 is 0 Å². The summed E-state index contributed by atoms with van der Waals surface area (Å²) in [5, 5.41) is 2.06. The Kier molecular flexibility index (Phi) is 3.84. The van der Waals surface area contributed by atoms with Gasteiger partial charge in [-0.3, -0.25) is 15.7 Å². The van der Waals surface area contributed by atoms with Crippen molar-refractivity contribution < 1.29 is 0 Å². The Morgan fingerprint density at radius 2 is 2.40 bits per heavy atom. The molecule has 110 valence electrons. The Morgan fingerprint density at radius 3 is 3.10 bits per heavy atom. The molecule has 0 aromatic carbocycles. The Bertz CT molecular complexity index is 543. The minimum Gasteiger partial charge on any atom is -0.297 e. The van der Waals surface area contributed by atoms with Gasteiger partial charge in [0.1, 0.15) is 0 Å². The molecule has 1 saturated carbocycles. The van der Waals surface area contributed by atoms with Gasteiger partial charge in [-0.15, -0.1) is 11.3 Å². The molecule has 0 aliphatic heterocycles. The molecular weight excluding hydrogens is 268 g/mol. The lowest BCUT2D eigenvalue weighted by Crippen LogP contribution is -2.48. The maximum atomic E-state index is 5.86. The molecule has 0 saturated heterocycles. The van der Waals surface area contributed by atoms with Gasteiger partial charge in [0.05, 0.1) is 5.69 Å². The van der Waals surface area contributed by atoms with E-state index in [1.165, 1.54) is 25.7 Å². The predicted octanol–water partition coefficient (Wildman–Crippen LogP) is 2.99. The molecule has 20 heavy (non-hydrogen) atoms. The fourth-order valence-electron chi connectivity index (χ4n) is 3.68. The Balaban J connectivity index is 1.77. The minimum atomic E-state index is 0.315. The number of nitrogens with two attached hydrogens (primary N) is 1. The van der Waals surface area contributed by atoms with E-state index < -0.39 is 0 Å². The first-order valence-electron chi connectivity index (χ1n) is 7.47. The van der Waals surface area contributed by atoms with Crippen LogP contribution in [0.1, 0.15) is 45.2 Å². The van der Waals surface area contributed by atoms with Crippen LogP contribution in [0.5, 0.6) is 0 Å². The quantitative estimate of drug-likeness (QED) is 0.673. The number of hydrogen-bond donors (Lipinski definition) is 2. The summed E-state index contributed by atoms with van der Waals surface area (Å²) < 4.78 is 2.10. The second kappa shape index (κ2) is 5.47. The number of nitrogens with one attached hydrogen (secondary N) is 1. The van der Waals surface area contributed by atoms with E-state index in [2.05, 4.69) is 46.4 Å². The van der Waals surface area contributed by atoms with Crippen molar-refractivity contribution in [1.29, 1.82) is 0 Å². The molecule has 3 rings (SSSR count). The van der Waals surface area contributed by atoms with Gasteiger partial charge in [-0.2, -0.15) is 0 Å². The third kappa shape index (κ3) is 2.62. The lowest BCUT2D eigenvalue weighted by molar-refractivity contribution is 0.0978. The summed E-state index contributed by atoms with van der Waals surface area (Å²) in [5.41, 5.74) is 4.57. The summed E-state index contributed by atoms with van der Waals surface area (Å²) in [5.74, 6) is 6.49. The fourth-order valence-corrected chi connectivity index (χ4v) is 4.40. The normalized spacial score (nSPS) is 24.1. The van der Waals surface area contributed by atoms with E-state index in [4.69, 9.17) is 5.84 Å². The van der Waals surface area contributed by atoms with Gasteiger partial charge in [-0.1, -0.05) is 26.7 Å². The fraction of sp³-hybridized carbons (Fsp3) is 0.667. The van der Waals surface area contributed by atoms with Crippen LogP contribution in [0.25, 0.3) is 4.96 Å². The average Bonchev–Trinajstić information content (AvgIpc) is 2.96. The van der Waals surface area contributed by atoms with Gasteiger partial charge in [0.2, 0.25) is 0 Å². The van der Waals surface area contributed by atoms with Crippen LogP contribution in [-0.2, 0) is 6.42 Å². The van der Waals surface area contributed by atoms with Gasteiger partial charge in [-0.05, 0) is 24.2 Å². The maximum Gasteiger partial charge on any atom is 0.193 e. The van der Waals surface area contributed by atoms with Crippen molar-refractivity contribution in [2.75, 3.05) is 0 Å². The highest BCUT2D eigenvalue weighted by molar-refractivity contribution is 7.15. The predicted molar refractivity (Wildman–Crippen MR) is 83.6 cm³/mol. The first-order chi connectivity index (χ1) is 9.60. The molecule has 0 radical (unpaired) electrons. The number of thiazole rings is 1. The largest absolute Gasteiger partial charge is 0.297 e. The summed E-state index contributed by atoms with van der Waals surface area (Å²) in [6.45, 7) is 4.76. The molecule has 2 unspecified atom stereocenters. The highest BCUT2D eigenvalue weighted by Crippen LogP contribution is 2.42. The topological polar surface area (TPSA) is 55.3 Å². The van der Waals surface area contributed by atoms with E-state index >= 15 is 0 Å². The van der Waals surface area contributed by atoms with Crippen molar-refractivity contribution in [3.63, 3.8) is 0 Å². The van der Waals surface area contributed by atoms with Crippen LogP contribution in [0, 0.1) is 11.3 Å². The summed E-state index contributed by atoms with van der Waals surface area (Å²) in [4.78, 5) is 5.76. The van der Waals surface area contributed by atoms with Gasteiger partial charge in [0, 0.05) is 30.2 Å². The minimum absolute atomic E-state index is 0.315. The van der Waals surface area contributed by atoms with E-state index in [1.807, 2.05) is 0 Å². The van der Waals surface area contributed by atoms with Crippen molar-refractivity contribution in [3.05, 3.63) is 23.5 Å². The maximum absolute atomic E-state index is 5.86. The van der Waals surface area contributed by atoms with E-state index in [-0.39, 0.29) is 0 Å². The zero-order valence-corrected chi connectivity index (χ0v) is 13.1. The smallest absolute Gasteiger partial charge is 0.193 e. The van der Waals surface area contributed by atoms with Crippen LogP contribution in [-0.4, -0.2) is 15.4 Å². The van der Waals surface area contributed by atoms with Crippen molar-refractivity contribution >= 4 is 16.3 Å². The number of aromatic nitrogens is 2. The molecule has 4 nitrogen and oxygen atoms in total. The third-order valence-corrected chi connectivity index (χ3v) is 5.63. The van der Waals surface area contributed by atoms with Crippen LogP contribution >= 0.6 is 11.3 Å². The average molecular weight is 292 g/mol. The molecule has 0 amide bonds. The monoisotopic (exact) mass is 292 g/mol. The number of rotatable bonds is 4. The second-order valence-electron chi connectivity index (χ2n) is 6.64. The number of fused-ring (bicyclic) bond motifs is 1. The Labute approximate surface area is 124 Å². The van der Waals surface area contributed by atoms with Crippen molar-refractivity contribution in [2.24, 2.45) is 17.2 Å². The van der Waals surface area contributed by atoms with Gasteiger partial charge in [-0.25, -0.2) is 4.98 Å². The van der Waals surface area contributed by atoms with E-state index in [0.29, 0.717) is 17.4 Å². The molecule has 1 aliphatic rings. The molecule has 1 fully saturated rings. The zero-order valence-electron chi connectivity index (χ0n) is 12.3. The van der Waals surface area contributed by atoms with Crippen LogP contribution in [0.4, 0.5) is 0 Å². The molecule has 0 bridgehead atoms. The lowest BCUT2D eigenvalue weighted by Gasteiger charge is -2.43. The Morgan fingerprint density at radius 1 is 1.55 bits per heavy atom. The summed E-state index contributed by atoms with van der Waals surface area (Å²) in [6.07, 6.45) is 10.3. The van der Waals surface area contributed by atoms with Gasteiger partial charge in [0.15, 0.2) is 4.96 Å². The van der Waals surface area contributed by atoms with Crippen LogP contribution in [0.2, 0.25) is 0 Å². The third-order valence-electron chi connectivity index (χ3n) is 4.86. The molecular formula is C15H24N4S. The molecule has 1 aliphatic carbocycles. The van der Waals surface area contributed by atoms with Crippen molar-refractivity contribution in [1.82, 2.24) is 14.8 Å². The first kappa shape index (κ1) is 14.0. The zero-order chi connectivity index (χ0) is 14.2. The van der Waals surface area contributed by atoms with Gasteiger partial charge < -0.3 is 0 Å². The van der Waals surface area contributed by atoms with Crippen LogP contribution < -0.4 is 11.3 Å². The molecule has 3 N–H and O–H groups in total. The number of imidazole rings is 1. The number of nitrogens with zero attached hydrogens (tertiary/aromatic N) is 2.